The van der Waals surface area contributed by atoms with E-state index in [1.807, 2.05) is 36.1 Å². The molecule has 1 aliphatic heterocycles. The fourth-order valence-corrected chi connectivity index (χ4v) is 4.51. The monoisotopic (exact) mass is 380 g/mol. The summed E-state index contributed by atoms with van der Waals surface area (Å²) in [5.41, 5.74) is 4.06. The first-order valence-electron chi connectivity index (χ1n) is 9.54. The van der Waals surface area contributed by atoms with Crippen LogP contribution >= 0.6 is 11.3 Å². The Morgan fingerprint density at radius 3 is 2.78 bits per heavy atom. The molecule has 1 amide bonds. The highest BCUT2D eigenvalue weighted by molar-refractivity contribution is 7.22. The highest BCUT2D eigenvalue weighted by atomic mass is 32.1. The summed E-state index contributed by atoms with van der Waals surface area (Å²) in [5, 5.41) is 0.756. The van der Waals surface area contributed by atoms with Crippen LogP contribution in [-0.2, 0) is 11.2 Å². The van der Waals surface area contributed by atoms with E-state index in [0.29, 0.717) is 12.1 Å². The van der Waals surface area contributed by atoms with Crippen LogP contribution in [0.2, 0.25) is 0 Å². The average molecular weight is 381 g/mol. The zero-order valence-corrected chi connectivity index (χ0v) is 16.6. The van der Waals surface area contributed by atoms with Crippen LogP contribution in [0, 0.1) is 6.92 Å². The number of benzene rings is 2. The average Bonchev–Trinajstić information content (AvgIpc) is 3.35. The van der Waals surface area contributed by atoms with Crippen LogP contribution in [0.1, 0.15) is 41.3 Å². The fraction of sp³-hybridized carbons (Fsp3) is 0.364. The predicted molar refractivity (Wildman–Crippen MR) is 111 cm³/mol. The van der Waals surface area contributed by atoms with Crippen molar-refractivity contribution in [2.45, 2.75) is 39.2 Å². The Morgan fingerprint density at radius 1 is 1.26 bits per heavy atom. The number of carbonyl (C=O) groups is 1. The Balaban J connectivity index is 1.73. The van der Waals surface area contributed by atoms with Crippen LogP contribution < -0.4 is 4.90 Å². The molecule has 1 fully saturated rings. The van der Waals surface area contributed by atoms with Crippen molar-refractivity contribution in [2.24, 2.45) is 0 Å². The van der Waals surface area contributed by atoms with Crippen LogP contribution in [0.5, 0.6) is 0 Å². The normalized spacial score (nSPS) is 16.7. The maximum Gasteiger partial charge on any atom is 0.260 e. The standard InChI is InChI=1S/C22H24N2O2S/c1-3-16-6-4-8-19-20(16)23-22(27-19)24(14-18-7-5-13-26-18)21(25)17-11-9-15(2)10-12-17/h4,6,8-12,18H,3,5,7,13-14H2,1-2H3. The van der Waals surface area contributed by atoms with Crippen LogP contribution in [0.25, 0.3) is 10.2 Å². The van der Waals surface area contributed by atoms with E-state index in [1.54, 1.807) is 11.3 Å². The number of amides is 1. The van der Waals surface area contributed by atoms with E-state index in [-0.39, 0.29) is 12.0 Å². The van der Waals surface area contributed by atoms with E-state index < -0.39 is 0 Å². The molecule has 1 unspecified atom stereocenters. The van der Waals surface area contributed by atoms with Gasteiger partial charge in [-0.3, -0.25) is 9.69 Å². The third-order valence-corrected chi connectivity index (χ3v) is 6.10. The van der Waals surface area contributed by atoms with Crippen molar-refractivity contribution in [1.82, 2.24) is 4.98 Å². The van der Waals surface area contributed by atoms with Gasteiger partial charge in [-0.15, -0.1) is 0 Å². The number of ether oxygens (including phenoxy) is 1. The van der Waals surface area contributed by atoms with Gasteiger partial charge in [-0.05, 0) is 49.9 Å². The first-order valence-corrected chi connectivity index (χ1v) is 10.4. The number of anilines is 1. The van der Waals surface area contributed by atoms with E-state index >= 15 is 0 Å². The minimum atomic E-state index is -0.0115. The third kappa shape index (κ3) is 3.75. The lowest BCUT2D eigenvalue weighted by Crippen LogP contribution is -2.37. The van der Waals surface area contributed by atoms with Crippen molar-refractivity contribution in [2.75, 3.05) is 18.1 Å². The minimum absolute atomic E-state index is 0.0115. The van der Waals surface area contributed by atoms with Crippen molar-refractivity contribution in [1.29, 1.82) is 0 Å². The van der Waals surface area contributed by atoms with Crippen molar-refractivity contribution in [3.05, 3.63) is 59.2 Å². The van der Waals surface area contributed by atoms with Crippen molar-refractivity contribution < 1.29 is 9.53 Å². The highest BCUT2D eigenvalue weighted by Crippen LogP contribution is 2.32. The Morgan fingerprint density at radius 2 is 2.07 bits per heavy atom. The van der Waals surface area contributed by atoms with Gasteiger partial charge in [-0.1, -0.05) is 48.1 Å². The van der Waals surface area contributed by atoms with E-state index in [4.69, 9.17) is 9.72 Å². The molecule has 0 spiro atoms. The van der Waals surface area contributed by atoms with Gasteiger partial charge in [0.1, 0.15) is 0 Å². The number of nitrogens with zero attached hydrogens (tertiary/aromatic N) is 2. The van der Waals surface area contributed by atoms with Crippen molar-refractivity contribution in [3.8, 4) is 0 Å². The van der Waals surface area contributed by atoms with E-state index in [9.17, 15) is 4.79 Å². The smallest absolute Gasteiger partial charge is 0.260 e. The molecule has 3 aromatic rings. The minimum Gasteiger partial charge on any atom is -0.376 e. The second kappa shape index (κ2) is 7.79. The molecule has 1 saturated heterocycles. The molecule has 1 atom stereocenters. The molecule has 4 rings (SSSR count). The highest BCUT2D eigenvalue weighted by Gasteiger charge is 2.27. The number of aryl methyl sites for hydroxylation is 2. The van der Waals surface area contributed by atoms with Crippen LogP contribution in [0.15, 0.2) is 42.5 Å². The van der Waals surface area contributed by atoms with Gasteiger partial charge in [0.25, 0.3) is 5.91 Å². The predicted octanol–water partition coefficient (Wildman–Crippen LogP) is 4.99. The van der Waals surface area contributed by atoms with Gasteiger partial charge in [0.05, 0.1) is 22.9 Å². The molecule has 1 aromatic heterocycles. The molecule has 0 N–H and O–H groups in total. The second-order valence-electron chi connectivity index (χ2n) is 7.03. The number of carbonyl (C=O) groups excluding carboxylic acids is 1. The first kappa shape index (κ1) is 18.1. The summed E-state index contributed by atoms with van der Waals surface area (Å²) in [7, 11) is 0. The lowest BCUT2D eigenvalue weighted by molar-refractivity contribution is 0.0917. The molecule has 27 heavy (non-hydrogen) atoms. The van der Waals surface area contributed by atoms with Crippen LogP contribution in [-0.4, -0.2) is 30.1 Å². The SMILES string of the molecule is CCc1cccc2sc(N(CC3CCCO3)C(=O)c3ccc(C)cc3)nc12. The topological polar surface area (TPSA) is 42.4 Å². The fourth-order valence-electron chi connectivity index (χ4n) is 3.49. The molecular formula is C22H24N2O2S. The van der Waals surface area contributed by atoms with E-state index in [1.165, 1.54) is 5.56 Å². The molecular weight excluding hydrogens is 356 g/mol. The van der Waals surface area contributed by atoms with Crippen LogP contribution in [0.3, 0.4) is 0 Å². The van der Waals surface area contributed by atoms with Gasteiger partial charge in [0, 0.05) is 12.2 Å². The number of rotatable bonds is 5. The summed E-state index contributed by atoms with van der Waals surface area (Å²) >= 11 is 1.58. The van der Waals surface area contributed by atoms with Gasteiger partial charge in [-0.2, -0.15) is 0 Å². The number of fused-ring (bicyclic) bond motifs is 1. The summed E-state index contributed by atoms with van der Waals surface area (Å²) in [6, 6.07) is 14.0. The molecule has 1 aliphatic rings. The lowest BCUT2D eigenvalue weighted by Gasteiger charge is -2.23. The van der Waals surface area contributed by atoms with Gasteiger partial charge >= 0.3 is 0 Å². The van der Waals surface area contributed by atoms with Gasteiger partial charge < -0.3 is 4.74 Å². The number of hydrogen-bond acceptors (Lipinski definition) is 4. The summed E-state index contributed by atoms with van der Waals surface area (Å²) in [6.07, 6.45) is 3.05. The Bertz CT molecular complexity index is 943. The van der Waals surface area contributed by atoms with Gasteiger partial charge in [0.15, 0.2) is 5.13 Å². The molecule has 0 bridgehead atoms. The molecule has 4 nitrogen and oxygen atoms in total. The zero-order valence-electron chi connectivity index (χ0n) is 15.8. The molecule has 140 valence electrons. The molecule has 5 heteroatoms. The molecule has 2 heterocycles. The number of hydrogen-bond donors (Lipinski definition) is 0. The summed E-state index contributed by atoms with van der Waals surface area (Å²) in [5.74, 6) is -0.0115. The second-order valence-corrected chi connectivity index (χ2v) is 8.04. The number of aromatic nitrogens is 1. The van der Waals surface area contributed by atoms with Gasteiger partial charge in [0.2, 0.25) is 0 Å². The zero-order chi connectivity index (χ0) is 18.8. The first-order chi connectivity index (χ1) is 13.2. The van der Waals surface area contributed by atoms with Crippen LogP contribution in [0.4, 0.5) is 5.13 Å². The summed E-state index contributed by atoms with van der Waals surface area (Å²) < 4.78 is 6.94. The molecule has 0 aliphatic carbocycles. The van der Waals surface area contributed by atoms with Crippen molar-refractivity contribution in [3.63, 3.8) is 0 Å². The Kier molecular flexibility index (Phi) is 5.23. The largest absolute Gasteiger partial charge is 0.376 e. The van der Waals surface area contributed by atoms with E-state index in [2.05, 4.69) is 25.1 Å². The lowest BCUT2D eigenvalue weighted by atomic mass is 10.1. The molecule has 2 aromatic carbocycles. The Labute approximate surface area is 163 Å². The molecule has 0 radical (unpaired) electrons. The maximum atomic E-state index is 13.3. The molecule has 0 saturated carbocycles. The summed E-state index contributed by atoms with van der Waals surface area (Å²) in [6.45, 7) is 5.48. The third-order valence-electron chi connectivity index (χ3n) is 5.06. The number of para-hydroxylation sites is 1. The maximum absolute atomic E-state index is 13.3. The number of thiazole rings is 1. The van der Waals surface area contributed by atoms with E-state index in [0.717, 1.165) is 46.8 Å². The summed E-state index contributed by atoms with van der Waals surface area (Å²) in [4.78, 5) is 20.0. The van der Waals surface area contributed by atoms with Crippen molar-refractivity contribution >= 4 is 32.6 Å². The van der Waals surface area contributed by atoms with Gasteiger partial charge in [-0.25, -0.2) is 4.98 Å². The Hall–Kier alpha value is -2.24. The quantitative estimate of drug-likeness (QED) is 0.626.